The van der Waals surface area contributed by atoms with E-state index in [1.165, 1.54) is 25.9 Å². The molecule has 3 nitrogen and oxygen atoms in total. The largest absolute Gasteiger partial charge is 0.330 e. The summed E-state index contributed by atoms with van der Waals surface area (Å²) in [6, 6.07) is 0. The highest BCUT2D eigenvalue weighted by molar-refractivity contribution is 4.87. The van der Waals surface area contributed by atoms with Crippen LogP contribution < -0.4 is 11.1 Å². The first-order valence-electron chi connectivity index (χ1n) is 7.09. The van der Waals surface area contributed by atoms with Crippen LogP contribution in [0, 0.1) is 17.3 Å². The molecule has 3 heteroatoms. The first-order valence-corrected chi connectivity index (χ1v) is 7.09. The van der Waals surface area contributed by atoms with Crippen LogP contribution in [0.3, 0.4) is 0 Å². The van der Waals surface area contributed by atoms with Gasteiger partial charge in [0.2, 0.25) is 0 Å². The fourth-order valence-corrected chi connectivity index (χ4v) is 2.71. The Kier molecular flexibility index (Phi) is 5.90. The molecule has 1 fully saturated rings. The Balaban J connectivity index is 2.29. The van der Waals surface area contributed by atoms with Crippen molar-refractivity contribution >= 4 is 0 Å². The van der Waals surface area contributed by atoms with Crippen LogP contribution in [0.1, 0.15) is 33.6 Å². The molecule has 0 radical (unpaired) electrons. The Bertz CT molecular complexity index is 212. The molecule has 1 aliphatic heterocycles. The molecule has 0 aromatic heterocycles. The predicted octanol–water partition coefficient (Wildman–Crippen LogP) is 1.54. The highest BCUT2D eigenvalue weighted by Gasteiger charge is 2.33. The third-order valence-corrected chi connectivity index (χ3v) is 4.42. The van der Waals surface area contributed by atoms with Crippen molar-refractivity contribution in [1.82, 2.24) is 10.2 Å². The van der Waals surface area contributed by atoms with Crippen molar-refractivity contribution in [2.75, 3.05) is 39.8 Å². The van der Waals surface area contributed by atoms with Crippen LogP contribution >= 0.6 is 0 Å². The fourth-order valence-electron chi connectivity index (χ4n) is 2.71. The minimum atomic E-state index is 0.400. The van der Waals surface area contributed by atoms with E-state index < -0.39 is 0 Å². The summed E-state index contributed by atoms with van der Waals surface area (Å²) in [5, 5.41) is 3.62. The molecule has 0 spiro atoms. The van der Waals surface area contributed by atoms with E-state index in [1.807, 2.05) is 0 Å². The lowest BCUT2D eigenvalue weighted by Crippen LogP contribution is -2.39. The number of hydrogen-bond acceptors (Lipinski definition) is 3. The third-order valence-electron chi connectivity index (χ3n) is 4.42. The maximum Gasteiger partial charge on any atom is 0.00127 e. The second-order valence-electron chi connectivity index (χ2n) is 6.38. The van der Waals surface area contributed by atoms with Gasteiger partial charge in [-0.1, -0.05) is 27.2 Å². The zero-order valence-corrected chi connectivity index (χ0v) is 12.1. The van der Waals surface area contributed by atoms with Crippen molar-refractivity contribution < 1.29 is 0 Å². The summed E-state index contributed by atoms with van der Waals surface area (Å²) in [4.78, 5) is 2.45. The minimum Gasteiger partial charge on any atom is -0.330 e. The summed E-state index contributed by atoms with van der Waals surface area (Å²) in [5.74, 6) is 1.47. The molecule has 1 saturated heterocycles. The van der Waals surface area contributed by atoms with Gasteiger partial charge in [-0.05, 0) is 50.4 Å². The predicted molar refractivity (Wildman–Crippen MR) is 75.1 cm³/mol. The van der Waals surface area contributed by atoms with Gasteiger partial charge in [-0.3, -0.25) is 0 Å². The van der Waals surface area contributed by atoms with Crippen molar-refractivity contribution in [3.8, 4) is 0 Å². The maximum absolute atomic E-state index is 5.73. The highest BCUT2D eigenvalue weighted by Crippen LogP contribution is 2.33. The molecule has 3 N–H and O–H groups in total. The molecule has 0 amide bonds. The first kappa shape index (κ1) is 14.9. The molecule has 1 heterocycles. The molecule has 1 aliphatic rings. The smallest absolute Gasteiger partial charge is 0.00127 e. The number of nitrogens with one attached hydrogen (secondary N) is 1. The standard InChI is InChI=1S/C14H31N3/c1-5-12(8-15)9-16-11-14(2,3)13-6-7-17(4)10-13/h12-13,16H,5-11,15H2,1-4H3. The molecule has 0 aliphatic carbocycles. The van der Waals surface area contributed by atoms with Gasteiger partial charge in [0, 0.05) is 13.1 Å². The lowest BCUT2D eigenvalue weighted by Gasteiger charge is -2.32. The molecule has 2 unspecified atom stereocenters. The summed E-state index contributed by atoms with van der Waals surface area (Å²) in [7, 11) is 2.23. The van der Waals surface area contributed by atoms with E-state index in [0.29, 0.717) is 11.3 Å². The van der Waals surface area contributed by atoms with E-state index >= 15 is 0 Å². The summed E-state index contributed by atoms with van der Waals surface area (Å²) in [6.07, 6.45) is 2.52. The van der Waals surface area contributed by atoms with Gasteiger partial charge in [-0.2, -0.15) is 0 Å². The fraction of sp³-hybridized carbons (Fsp3) is 1.00. The van der Waals surface area contributed by atoms with Crippen LogP contribution in [0.15, 0.2) is 0 Å². The van der Waals surface area contributed by atoms with Gasteiger partial charge >= 0.3 is 0 Å². The lowest BCUT2D eigenvalue weighted by atomic mass is 9.78. The molecule has 0 saturated carbocycles. The van der Waals surface area contributed by atoms with Crippen molar-refractivity contribution in [2.45, 2.75) is 33.6 Å². The zero-order chi connectivity index (χ0) is 12.9. The van der Waals surface area contributed by atoms with Crippen LogP contribution in [-0.4, -0.2) is 44.7 Å². The monoisotopic (exact) mass is 241 g/mol. The molecular weight excluding hydrogens is 210 g/mol. The molecule has 0 aromatic carbocycles. The SMILES string of the molecule is CCC(CN)CNCC(C)(C)C1CCN(C)C1. The summed E-state index contributed by atoms with van der Waals surface area (Å²) < 4.78 is 0. The van der Waals surface area contributed by atoms with Gasteiger partial charge in [0.05, 0.1) is 0 Å². The normalized spacial score (nSPS) is 24.2. The van der Waals surface area contributed by atoms with Gasteiger partial charge in [-0.25, -0.2) is 0 Å². The average molecular weight is 241 g/mol. The van der Waals surface area contributed by atoms with E-state index in [2.05, 4.69) is 38.0 Å². The van der Waals surface area contributed by atoms with Crippen LogP contribution in [0.4, 0.5) is 0 Å². The lowest BCUT2D eigenvalue weighted by molar-refractivity contribution is 0.203. The van der Waals surface area contributed by atoms with Crippen molar-refractivity contribution in [3.63, 3.8) is 0 Å². The van der Waals surface area contributed by atoms with Crippen molar-refractivity contribution in [1.29, 1.82) is 0 Å². The Labute approximate surface area is 107 Å². The van der Waals surface area contributed by atoms with E-state index in [0.717, 1.165) is 25.6 Å². The number of nitrogens with zero attached hydrogens (tertiary/aromatic N) is 1. The number of likely N-dealkylation sites (tertiary alicyclic amines) is 1. The van der Waals surface area contributed by atoms with E-state index in [1.54, 1.807) is 0 Å². The summed E-state index contributed by atoms with van der Waals surface area (Å²) in [6.45, 7) is 12.5. The number of nitrogens with two attached hydrogens (primary N) is 1. The van der Waals surface area contributed by atoms with Gasteiger partial charge in [0.15, 0.2) is 0 Å². The zero-order valence-electron chi connectivity index (χ0n) is 12.1. The quantitative estimate of drug-likeness (QED) is 0.710. The molecule has 1 rings (SSSR count). The molecule has 0 aromatic rings. The molecule has 2 atom stereocenters. The van der Waals surface area contributed by atoms with Crippen molar-refractivity contribution in [2.24, 2.45) is 23.0 Å². The third kappa shape index (κ3) is 4.57. The van der Waals surface area contributed by atoms with Gasteiger partial charge in [0.25, 0.3) is 0 Å². The Morgan fingerprint density at radius 3 is 2.65 bits per heavy atom. The van der Waals surface area contributed by atoms with Gasteiger partial charge in [0.1, 0.15) is 0 Å². The van der Waals surface area contributed by atoms with Crippen LogP contribution in [0.5, 0.6) is 0 Å². The molecule has 17 heavy (non-hydrogen) atoms. The Morgan fingerprint density at radius 2 is 2.18 bits per heavy atom. The summed E-state index contributed by atoms with van der Waals surface area (Å²) >= 11 is 0. The number of hydrogen-bond donors (Lipinski definition) is 2. The highest BCUT2D eigenvalue weighted by atomic mass is 15.1. The van der Waals surface area contributed by atoms with Gasteiger partial charge < -0.3 is 16.0 Å². The summed E-state index contributed by atoms with van der Waals surface area (Å²) in [5.41, 5.74) is 6.13. The number of rotatable bonds is 7. The Hall–Kier alpha value is -0.120. The molecular formula is C14H31N3. The van der Waals surface area contributed by atoms with E-state index in [4.69, 9.17) is 5.73 Å². The minimum absolute atomic E-state index is 0.400. The van der Waals surface area contributed by atoms with Crippen LogP contribution in [-0.2, 0) is 0 Å². The maximum atomic E-state index is 5.73. The topological polar surface area (TPSA) is 41.3 Å². The van der Waals surface area contributed by atoms with E-state index in [-0.39, 0.29) is 0 Å². The molecule has 102 valence electrons. The second-order valence-corrected chi connectivity index (χ2v) is 6.38. The van der Waals surface area contributed by atoms with Crippen LogP contribution in [0.25, 0.3) is 0 Å². The first-order chi connectivity index (χ1) is 7.99. The van der Waals surface area contributed by atoms with Crippen molar-refractivity contribution in [3.05, 3.63) is 0 Å². The second kappa shape index (κ2) is 6.72. The van der Waals surface area contributed by atoms with Gasteiger partial charge in [-0.15, -0.1) is 0 Å². The molecule has 0 bridgehead atoms. The average Bonchev–Trinajstić information content (AvgIpc) is 2.72. The van der Waals surface area contributed by atoms with Crippen LogP contribution in [0.2, 0.25) is 0 Å². The Morgan fingerprint density at radius 1 is 1.47 bits per heavy atom. The van der Waals surface area contributed by atoms with E-state index in [9.17, 15) is 0 Å².